The highest BCUT2D eigenvalue weighted by atomic mass is 35.5. The van der Waals surface area contributed by atoms with E-state index in [0.29, 0.717) is 11.1 Å². The van der Waals surface area contributed by atoms with Crippen LogP contribution in [0.1, 0.15) is 34.6 Å². The third kappa shape index (κ3) is 14.5. The van der Waals surface area contributed by atoms with E-state index in [4.69, 9.17) is 23.2 Å². The van der Waals surface area contributed by atoms with Gasteiger partial charge in [0.2, 0.25) is 0 Å². The van der Waals surface area contributed by atoms with Crippen molar-refractivity contribution in [2.75, 3.05) is 13.2 Å². The van der Waals surface area contributed by atoms with E-state index >= 15 is 0 Å². The van der Waals surface area contributed by atoms with Crippen molar-refractivity contribution in [1.29, 1.82) is 0 Å². The van der Waals surface area contributed by atoms with E-state index in [9.17, 15) is 19.2 Å². The molecule has 0 aliphatic heterocycles. The molecular weight excluding hydrogens is 407 g/mol. The normalized spacial score (nSPS) is 8.86. The molecule has 0 unspecified atom stereocenters. The Labute approximate surface area is 173 Å². The SMILES string of the molecule is CC(=O)OCCOC(C)=O.O=C(Cl)c1ccccc1.O=C(Cl)c1ccccc1. The molecule has 6 nitrogen and oxygen atoms in total. The lowest BCUT2D eigenvalue weighted by atomic mass is 10.2. The number of carbonyl (C=O) groups excluding carboxylic acids is 4. The van der Waals surface area contributed by atoms with Crippen LogP contribution >= 0.6 is 23.2 Å². The number of esters is 2. The minimum atomic E-state index is -0.407. The summed E-state index contributed by atoms with van der Waals surface area (Å²) in [5, 5.41) is -0.814. The quantitative estimate of drug-likeness (QED) is 0.403. The highest BCUT2D eigenvalue weighted by Gasteiger charge is 1.97. The molecule has 0 aliphatic carbocycles. The number of halogens is 2. The number of benzene rings is 2. The molecule has 2 rings (SSSR count). The van der Waals surface area contributed by atoms with Crippen molar-refractivity contribution in [3.63, 3.8) is 0 Å². The van der Waals surface area contributed by atoms with E-state index in [1.54, 1.807) is 48.5 Å². The molecule has 0 fully saturated rings. The second-order valence-electron chi connectivity index (χ2n) is 4.96. The second kappa shape index (κ2) is 15.4. The largest absolute Gasteiger partial charge is 0.462 e. The standard InChI is InChI=1S/2C7H5ClO.C6H10O4/c2*8-7(9)6-4-2-1-3-5-6;1-5(7)9-3-4-10-6(2)8/h2*1-5H;3-4H2,1-2H3. The van der Waals surface area contributed by atoms with Crippen molar-refractivity contribution in [2.45, 2.75) is 13.8 Å². The Kier molecular flexibility index (Phi) is 13.9. The van der Waals surface area contributed by atoms with Crippen molar-refractivity contribution in [1.82, 2.24) is 0 Å². The van der Waals surface area contributed by atoms with E-state index < -0.39 is 10.5 Å². The number of hydrogen-bond acceptors (Lipinski definition) is 6. The molecule has 0 atom stereocenters. The van der Waals surface area contributed by atoms with Crippen LogP contribution in [-0.4, -0.2) is 35.6 Å². The smallest absolute Gasteiger partial charge is 0.302 e. The van der Waals surface area contributed by atoms with Crippen LogP contribution in [0.5, 0.6) is 0 Å². The summed E-state index contributed by atoms with van der Waals surface area (Å²) in [5.74, 6) is -0.737. The third-order valence-electron chi connectivity index (χ3n) is 2.70. The number of rotatable bonds is 5. The van der Waals surface area contributed by atoms with Crippen molar-refractivity contribution in [3.8, 4) is 0 Å². The summed E-state index contributed by atoms with van der Waals surface area (Å²) in [6.45, 7) is 2.87. The maximum atomic E-state index is 10.4. The van der Waals surface area contributed by atoms with E-state index in [2.05, 4.69) is 9.47 Å². The van der Waals surface area contributed by atoms with Crippen LogP contribution in [-0.2, 0) is 19.1 Å². The molecular formula is C20H20Cl2O6. The fraction of sp³-hybridized carbons (Fsp3) is 0.200. The van der Waals surface area contributed by atoms with Gasteiger partial charge in [-0.2, -0.15) is 0 Å². The molecule has 0 radical (unpaired) electrons. The monoisotopic (exact) mass is 426 g/mol. The maximum Gasteiger partial charge on any atom is 0.302 e. The molecule has 0 aliphatic rings. The molecule has 0 saturated carbocycles. The minimum absolute atomic E-state index is 0.134. The van der Waals surface area contributed by atoms with Gasteiger partial charge in [-0.15, -0.1) is 0 Å². The molecule has 8 heteroatoms. The molecule has 0 aromatic heterocycles. The van der Waals surface area contributed by atoms with Crippen molar-refractivity contribution in [2.24, 2.45) is 0 Å². The zero-order valence-corrected chi connectivity index (χ0v) is 16.9. The maximum absolute atomic E-state index is 10.4. The first-order valence-corrected chi connectivity index (χ1v) is 8.76. The van der Waals surface area contributed by atoms with E-state index in [1.165, 1.54) is 13.8 Å². The van der Waals surface area contributed by atoms with Gasteiger partial charge >= 0.3 is 11.9 Å². The second-order valence-corrected chi connectivity index (χ2v) is 5.65. The van der Waals surface area contributed by atoms with Crippen LogP contribution in [0.3, 0.4) is 0 Å². The molecule has 0 spiro atoms. The summed E-state index contributed by atoms with van der Waals surface area (Å²) in [5.41, 5.74) is 1.08. The van der Waals surface area contributed by atoms with Crippen molar-refractivity contribution in [3.05, 3.63) is 71.8 Å². The first kappa shape index (κ1) is 25.3. The van der Waals surface area contributed by atoms with Gasteiger partial charge in [0.1, 0.15) is 13.2 Å². The Morgan fingerprint density at radius 1 is 0.643 bits per heavy atom. The van der Waals surface area contributed by atoms with Gasteiger partial charge < -0.3 is 9.47 Å². The number of carbonyl (C=O) groups is 4. The topological polar surface area (TPSA) is 86.7 Å². The molecule has 2 aromatic rings. The Morgan fingerprint density at radius 2 is 0.929 bits per heavy atom. The van der Waals surface area contributed by atoms with Gasteiger partial charge in [0.15, 0.2) is 0 Å². The van der Waals surface area contributed by atoms with E-state index in [-0.39, 0.29) is 25.2 Å². The van der Waals surface area contributed by atoms with Crippen LogP contribution < -0.4 is 0 Å². The molecule has 150 valence electrons. The summed E-state index contributed by atoms with van der Waals surface area (Å²) < 4.78 is 8.95. The summed E-state index contributed by atoms with van der Waals surface area (Å²) in [6, 6.07) is 17.5. The van der Waals surface area contributed by atoms with Gasteiger partial charge in [-0.25, -0.2) is 0 Å². The summed E-state index contributed by atoms with van der Waals surface area (Å²) >= 11 is 10.3. The zero-order valence-electron chi connectivity index (χ0n) is 15.4. The number of ether oxygens (including phenoxy) is 2. The molecule has 0 bridgehead atoms. The molecule has 0 amide bonds. The molecule has 0 heterocycles. The van der Waals surface area contributed by atoms with Gasteiger partial charge in [0.05, 0.1) is 0 Å². The lowest BCUT2D eigenvalue weighted by Crippen LogP contribution is -2.09. The van der Waals surface area contributed by atoms with E-state index in [1.807, 2.05) is 12.1 Å². The molecule has 28 heavy (non-hydrogen) atoms. The predicted octanol–water partition coefficient (Wildman–Crippen LogP) is 4.24. The average molecular weight is 427 g/mol. The fourth-order valence-electron chi connectivity index (χ4n) is 1.51. The van der Waals surface area contributed by atoms with Crippen LogP contribution in [0.4, 0.5) is 0 Å². The van der Waals surface area contributed by atoms with Crippen LogP contribution in [0.2, 0.25) is 0 Å². The van der Waals surface area contributed by atoms with Gasteiger partial charge in [0, 0.05) is 25.0 Å². The van der Waals surface area contributed by atoms with Gasteiger partial charge in [-0.3, -0.25) is 19.2 Å². The van der Waals surface area contributed by atoms with Gasteiger partial charge in [-0.1, -0.05) is 60.7 Å². The Hall–Kier alpha value is -2.70. The number of hydrogen-bond donors (Lipinski definition) is 0. The molecule has 2 aromatic carbocycles. The summed E-state index contributed by atoms with van der Waals surface area (Å²) in [4.78, 5) is 41.1. The van der Waals surface area contributed by atoms with Crippen LogP contribution in [0.25, 0.3) is 0 Å². The highest BCUT2D eigenvalue weighted by Crippen LogP contribution is 2.02. The van der Waals surface area contributed by atoms with Crippen molar-refractivity contribution < 1.29 is 28.7 Å². The first-order chi connectivity index (χ1) is 13.2. The third-order valence-corrected chi connectivity index (χ3v) is 3.13. The van der Waals surface area contributed by atoms with Gasteiger partial charge in [-0.05, 0) is 23.2 Å². The molecule has 0 N–H and O–H groups in total. The van der Waals surface area contributed by atoms with Crippen molar-refractivity contribution >= 4 is 45.6 Å². The lowest BCUT2D eigenvalue weighted by Gasteiger charge is -2.00. The van der Waals surface area contributed by atoms with Crippen LogP contribution in [0, 0.1) is 0 Å². The zero-order chi connectivity index (χ0) is 21.4. The fourth-order valence-corrected chi connectivity index (χ4v) is 1.76. The van der Waals surface area contributed by atoms with Crippen LogP contribution in [0.15, 0.2) is 60.7 Å². The summed E-state index contributed by atoms with van der Waals surface area (Å²) in [6.07, 6.45) is 0. The average Bonchev–Trinajstić information content (AvgIpc) is 2.67. The Morgan fingerprint density at radius 3 is 1.11 bits per heavy atom. The van der Waals surface area contributed by atoms with E-state index in [0.717, 1.165) is 0 Å². The minimum Gasteiger partial charge on any atom is -0.462 e. The first-order valence-electron chi connectivity index (χ1n) is 8.00. The predicted molar refractivity (Wildman–Crippen MR) is 107 cm³/mol. The Balaban J connectivity index is 0.000000391. The highest BCUT2D eigenvalue weighted by molar-refractivity contribution is 6.68. The van der Waals surface area contributed by atoms with Gasteiger partial charge in [0.25, 0.3) is 10.5 Å². The molecule has 0 saturated heterocycles. The lowest BCUT2D eigenvalue weighted by molar-refractivity contribution is -0.149. The Bertz CT molecular complexity index is 682. The summed E-state index contributed by atoms with van der Waals surface area (Å²) in [7, 11) is 0.